The fraction of sp³-hybridized carbons (Fsp3) is 0.480. The van der Waals surface area contributed by atoms with Crippen molar-refractivity contribution >= 4 is 31.3 Å². The Kier molecular flexibility index (Phi) is 9.36. The second-order valence-corrected chi connectivity index (χ2v) is 11.5. The number of carboxylic acid groups (broad SMARTS) is 1. The topological polar surface area (TPSA) is 197 Å². The number of piperazine rings is 1. The molecule has 1 unspecified atom stereocenters. The number of carbonyl (C=O) groups is 3. The highest BCUT2D eigenvalue weighted by Gasteiger charge is 2.35. The molecular formula is C25H33N6O8P. The molecule has 15 heteroatoms. The van der Waals surface area contributed by atoms with E-state index in [9.17, 15) is 33.8 Å². The summed E-state index contributed by atoms with van der Waals surface area (Å²) in [5.74, 6) is -0.890. The quantitative estimate of drug-likeness (QED) is 0.276. The largest absolute Gasteiger partial charge is 0.465 e. The van der Waals surface area contributed by atoms with Gasteiger partial charge < -0.3 is 40.0 Å². The van der Waals surface area contributed by atoms with E-state index in [0.717, 1.165) is 24.2 Å². The van der Waals surface area contributed by atoms with Crippen LogP contribution in [-0.4, -0.2) is 115 Å². The lowest BCUT2D eigenvalue weighted by Gasteiger charge is -2.36. The summed E-state index contributed by atoms with van der Waals surface area (Å²) in [7, 11) is -4.74. The molecular weight excluding hydrogens is 543 g/mol. The van der Waals surface area contributed by atoms with Crippen molar-refractivity contribution in [2.75, 3.05) is 50.4 Å². The van der Waals surface area contributed by atoms with E-state index in [4.69, 9.17) is 5.11 Å². The van der Waals surface area contributed by atoms with Crippen molar-refractivity contribution in [2.24, 2.45) is 0 Å². The van der Waals surface area contributed by atoms with E-state index in [2.05, 4.69) is 15.3 Å². The van der Waals surface area contributed by atoms with E-state index >= 15 is 0 Å². The second-order valence-electron chi connectivity index (χ2n) is 9.79. The Morgan fingerprint density at radius 3 is 2.30 bits per heavy atom. The Balaban J connectivity index is 1.63. The zero-order valence-electron chi connectivity index (χ0n) is 21.8. The molecule has 2 saturated heterocycles. The number of nitrogens with one attached hydrogen (secondary N) is 1. The monoisotopic (exact) mass is 576 g/mol. The van der Waals surface area contributed by atoms with Crippen LogP contribution in [0.15, 0.2) is 36.4 Å². The van der Waals surface area contributed by atoms with E-state index in [1.54, 1.807) is 24.3 Å². The van der Waals surface area contributed by atoms with Crippen molar-refractivity contribution in [3.05, 3.63) is 42.1 Å². The van der Waals surface area contributed by atoms with Crippen LogP contribution in [-0.2, 0) is 9.36 Å². The fourth-order valence-corrected chi connectivity index (χ4v) is 5.62. The van der Waals surface area contributed by atoms with Gasteiger partial charge in [-0.05, 0) is 19.3 Å². The van der Waals surface area contributed by atoms with Gasteiger partial charge in [-0.3, -0.25) is 14.2 Å². The highest BCUT2D eigenvalue weighted by atomic mass is 31.2. The van der Waals surface area contributed by atoms with Gasteiger partial charge in [0.1, 0.15) is 17.6 Å². The summed E-state index contributed by atoms with van der Waals surface area (Å²) in [6.45, 7) is 0.627. The smallest absolute Gasteiger partial charge is 0.407 e. The number of aliphatic hydroxyl groups excluding tert-OH is 1. The first-order chi connectivity index (χ1) is 19.1. The number of aromatic nitrogens is 2. The lowest BCUT2D eigenvalue weighted by Crippen LogP contribution is -2.56. The van der Waals surface area contributed by atoms with Crippen LogP contribution in [0.1, 0.15) is 29.8 Å². The first-order valence-electron chi connectivity index (χ1n) is 13.0. The first-order valence-corrected chi connectivity index (χ1v) is 14.8. The van der Waals surface area contributed by atoms with Crippen molar-refractivity contribution in [3.63, 3.8) is 0 Å². The molecule has 2 fully saturated rings. The summed E-state index contributed by atoms with van der Waals surface area (Å²) in [5, 5.41) is 21.5. The van der Waals surface area contributed by atoms with Crippen molar-refractivity contribution in [1.29, 1.82) is 0 Å². The molecule has 0 radical (unpaired) electrons. The van der Waals surface area contributed by atoms with Crippen molar-refractivity contribution in [1.82, 2.24) is 25.1 Å². The number of aliphatic hydroxyl groups is 1. The summed E-state index contributed by atoms with van der Waals surface area (Å²) >= 11 is 0. The summed E-state index contributed by atoms with van der Waals surface area (Å²) in [6, 6.07) is 8.64. The normalized spacial score (nSPS) is 18.8. The number of hydrogen-bond acceptors (Lipinski definition) is 8. The SMILES string of the molecule is O=C(N[C@@H](CP(=O)(O)O)C(=O)N1CCN(C(=O)O)CC1)c1cc(N2CCCCC2CO)nc(-c2ccccc2)n1. The third-order valence-electron chi connectivity index (χ3n) is 7.00. The van der Waals surface area contributed by atoms with E-state index in [1.165, 1.54) is 11.0 Å². The maximum atomic E-state index is 13.5. The van der Waals surface area contributed by atoms with Gasteiger partial charge in [0.2, 0.25) is 5.91 Å². The Bertz CT molecular complexity index is 1270. The van der Waals surface area contributed by atoms with Crippen LogP contribution < -0.4 is 10.2 Å². The van der Waals surface area contributed by atoms with Crippen LogP contribution in [0.25, 0.3) is 11.4 Å². The molecule has 216 valence electrons. The average Bonchev–Trinajstić information content (AvgIpc) is 2.96. The molecule has 14 nitrogen and oxygen atoms in total. The molecule has 2 aliphatic heterocycles. The number of rotatable bonds is 8. The van der Waals surface area contributed by atoms with Gasteiger partial charge in [0, 0.05) is 44.4 Å². The van der Waals surface area contributed by atoms with Crippen molar-refractivity contribution in [3.8, 4) is 11.4 Å². The van der Waals surface area contributed by atoms with Gasteiger partial charge in [-0.25, -0.2) is 14.8 Å². The number of nitrogens with zero attached hydrogens (tertiary/aromatic N) is 5. The number of anilines is 1. The molecule has 5 N–H and O–H groups in total. The lowest BCUT2D eigenvalue weighted by molar-refractivity contribution is -0.134. The Morgan fingerprint density at radius 1 is 1.00 bits per heavy atom. The molecule has 0 bridgehead atoms. The number of amides is 3. The second kappa shape index (κ2) is 12.7. The summed E-state index contributed by atoms with van der Waals surface area (Å²) in [6.07, 6.45) is 0.503. The number of benzene rings is 1. The first kappa shape index (κ1) is 29.4. The van der Waals surface area contributed by atoms with E-state index in [1.807, 2.05) is 11.0 Å². The van der Waals surface area contributed by atoms with Crippen molar-refractivity contribution in [2.45, 2.75) is 31.3 Å². The molecule has 40 heavy (non-hydrogen) atoms. The van der Waals surface area contributed by atoms with Gasteiger partial charge >= 0.3 is 13.7 Å². The number of carbonyl (C=O) groups excluding carboxylic acids is 2. The van der Waals surface area contributed by atoms with Crippen LogP contribution in [0.4, 0.5) is 10.6 Å². The fourth-order valence-electron chi connectivity index (χ4n) is 4.90. The zero-order valence-corrected chi connectivity index (χ0v) is 22.7. The van der Waals surface area contributed by atoms with Gasteiger partial charge in [-0.15, -0.1) is 0 Å². The molecule has 2 aliphatic rings. The van der Waals surface area contributed by atoms with Crippen LogP contribution >= 0.6 is 7.60 Å². The maximum absolute atomic E-state index is 13.5. The highest BCUT2D eigenvalue weighted by molar-refractivity contribution is 7.51. The van der Waals surface area contributed by atoms with E-state index in [-0.39, 0.29) is 50.3 Å². The van der Waals surface area contributed by atoms with Crippen LogP contribution in [0.3, 0.4) is 0 Å². The predicted molar refractivity (Wildman–Crippen MR) is 144 cm³/mol. The third kappa shape index (κ3) is 7.33. The number of piperidine rings is 1. The van der Waals surface area contributed by atoms with E-state index < -0.39 is 37.7 Å². The lowest BCUT2D eigenvalue weighted by atomic mass is 10.0. The Labute approximate surface area is 230 Å². The van der Waals surface area contributed by atoms with Gasteiger partial charge in [-0.1, -0.05) is 30.3 Å². The van der Waals surface area contributed by atoms with Gasteiger partial charge in [0.05, 0.1) is 18.8 Å². The van der Waals surface area contributed by atoms with Gasteiger partial charge in [0.25, 0.3) is 5.91 Å². The van der Waals surface area contributed by atoms with Crippen LogP contribution in [0, 0.1) is 0 Å². The van der Waals surface area contributed by atoms with Gasteiger partial charge in [-0.2, -0.15) is 0 Å². The maximum Gasteiger partial charge on any atom is 0.407 e. The average molecular weight is 577 g/mol. The van der Waals surface area contributed by atoms with Crippen LogP contribution in [0.5, 0.6) is 0 Å². The predicted octanol–water partition coefficient (Wildman–Crippen LogP) is 0.593. The van der Waals surface area contributed by atoms with E-state index in [0.29, 0.717) is 17.9 Å². The molecule has 1 aromatic heterocycles. The third-order valence-corrected chi connectivity index (χ3v) is 7.84. The van der Waals surface area contributed by atoms with Gasteiger partial charge in [0.15, 0.2) is 5.82 Å². The summed E-state index contributed by atoms with van der Waals surface area (Å²) in [5.41, 5.74) is 0.528. The minimum absolute atomic E-state index is 0.0198. The van der Waals surface area contributed by atoms with Crippen molar-refractivity contribution < 1.29 is 38.9 Å². The number of hydrogen-bond donors (Lipinski definition) is 5. The molecule has 3 amide bonds. The molecule has 0 saturated carbocycles. The summed E-state index contributed by atoms with van der Waals surface area (Å²) in [4.78, 5) is 70.6. The molecule has 1 aromatic carbocycles. The molecule has 3 heterocycles. The van der Waals surface area contributed by atoms with Crippen LogP contribution in [0.2, 0.25) is 0 Å². The zero-order chi connectivity index (χ0) is 28.9. The molecule has 2 atom stereocenters. The Morgan fingerprint density at radius 2 is 1.68 bits per heavy atom. The molecule has 0 spiro atoms. The minimum atomic E-state index is -4.74. The molecule has 0 aliphatic carbocycles. The highest BCUT2D eigenvalue weighted by Crippen LogP contribution is 2.35. The Hall–Kier alpha value is -3.58. The standard InChI is InChI=1S/C25H33N6O8P/c32-15-18-8-4-5-9-31(18)21-14-19(26-22(28-21)17-6-2-1-3-7-17)23(33)27-20(16-40(37,38)39)24(34)29-10-12-30(13-11-29)25(35)36/h1-3,6-7,14,18,20,32H,4-5,8-13,15-16H2,(H,27,33)(H,35,36)(H2,37,38,39)/t18?,20-/m0/s1. The molecule has 2 aromatic rings. The minimum Gasteiger partial charge on any atom is -0.465 e. The summed E-state index contributed by atoms with van der Waals surface area (Å²) < 4.78 is 11.9. The molecule has 4 rings (SSSR count).